The summed E-state index contributed by atoms with van der Waals surface area (Å²) in [6.45, 7) is 2.54. The molecule has 2 saturated carbocycles. The van der Waals surface area contributed by atoms with Crippen LogP contribution in [0.15, 0.2) is 67.0 Å². The van der Waals surface area contributed by atoms with Gasteiger partial charge in [0.2, 0.25) is 0 Å². The van der Waals surface area contributed by atoms with Gasteiger partial charge in [-0.2, -0.15) is 26.3 Å². The lowest BCUT2D eigenvalue weighted by molar-refractivity contribution is -0.138. The molecule has 2 aliphatic heterocycles. The van der Waals surface area contributed by atoms with Crippen molar-refractivity contribution in [1.82, 2.24) is 34.1 Å². The molecule has 0 radical (unpaired) electrons. The van der Waals surface area contributed by atoms with Crippen molar-refractivity contribution >= 4 is 22.7 Å². The summed E-state index contributed by atoms with van der Waals surface area (Å²) in [5.41, 5.74) is 0.852. The summed E-state index contributed by atoms with van der Waals surface area (Å²) < 4.78 is 118. The van der Waals surface area contributed by atoms with Crippen molar-refractivity contribution in [2.75, 3.05) is 49.1 Å². The first-order valence-corrected chi connectivity index (χ1v) is 20.9. The van der Waals surface area contributed by atoms with E-state index in [0.717, 1.165) is 36.5 Å². The minimum Gasteiger partial charge on any atom is -0.371 e. The van der Waals surface area contributed by atoms with E-state index in [-0.39, 0.29) is 52.5 Å². The number of benzene rings is 2. The Morgan fingerprint density at radius 1 is 0.590 bits per heavy atom. The van der Waals surface area contributed by atoms with Crippen molar-refractivity contribution < 1.29 is 35.1 Å². The number of hydrogen-bond donors (Lipinski definition) is 0. The largest absolute Gasteiger partial charge is 0.422 e. The predicted molar refractivity (Wildman–Crippen MR) is 211 cm³/mol. The number of rotatable bonds is 10. The highest BCUT2D eigenvalue weighted by Crippen LogP contribution is 2.50. The molecule has 17 heteroatoms. The van der Waals surface area contributed by atoms with Gasteiger partial charge in [0.15, 0.2) is 11.3 Å². The van der Waals surface area contributed by atoms with Crippen LogP contribution in [-0.4, -0.2) is 73.4 Å². The molecule has 2 aliphatic carbocycles. The van der Waals surface area contributed by atoms with E-state index in [4.69, 9.17) is 0 Å². The minimum absolute atomic E-state index is 0.0351. The highest BCUT2D eigenvalue weighted by Gasteiger charge is 2.42. The van der Waals surface area contributed by atoms with Gasteiger partial charge in [-0.15, -0.1) is 20.4 Å². The van der Waals surface area contributed by atoms with Crippen LogP contribution in [0, 0.1) is 23.5 Å². The van der Waals surface area contributed by atoms with E-state index >= 15 is 0 Å². The second-order valence-electron chi connectivity index (χ2n) is 17.1. The Hall–Kier alpha value is -5.32. The quantitative estimate of drug-likeness (QED) is 0.128. The molecule has 2 atom stereocenters. The van der Waals surface area contributed by atoms with E-state index in [9.17, 15) is 35.1 Å². The van der Waals surface area contributed by atoms with Gasteiger partial charge < -0.3 is 9.80 Å². The van der Waals surface area contributed by atoms with Gasteiger partial charge in [0, 0.05) is 77.1 Å². The molecule has 2 saturated heterocycles. The van der Waals surface area contributed by atoms with Crippen molar-refractivity contribution in [3.8, 4) is 0 Å². The van der Waals surface area contributed by atoms with Crippen LogP contribution in [0.5, 0.6) is 0 Å². The van der Waals surface area contributed by atoms with Gasteiger partial charge in [-0.1, -0.05) is 24.3 Å². The zero-order valence-electron chi connectivity index (χ0n) is 33.1. The molecule has 6 heterocycles. The normalized spacial score (nSPS) is 20.7. The smallest absolute Gasteiger partial charge is 0.371 e. The van der Waals surface area contributed by atoms with E-state index in [1.54, 1.807) is 23.4 Å². The molecule has 4 aliphatic rings. The van der Waals surface area contributed by atoms with Gasteiger partial charge in [-0.05, 0) is 96.7 Å². The van der Waals surface area contributed by atoms with E-state index in [1.807, 2.05) is 9.80 Å². The van der Waals surface area contributed by atoms with Gasteiger partial charge in [0.1, 0.15) is 34.4 Å². The predicted octanol–water partition coefficient (Wildman–Crippen LogP) is 9.09. The maximum absolute atomic E-state index is 14.6. The third-order valence-electron chi connectivity index (χ3n) is 13.2. The van der Waals surface area contributed by atoms with Crippen LogP contribution in [0.3, 0.4) is 0 Å². The number of anilines is 2. The van der Waals surface area contributed by atoms with Gasteiger partial charge in [0.25, 0.3) is 0 Å². The fraction of sp³-hybridized carbons (Fsp3) is 0.455. The van der Waals surface area contributed by atoms with Crippen LogP contribution in [0.1, 0.15) is 83.4 Å². The highest BCUT2D eigenvalue weighted by molar-refractivity contribution is 5.67. The molecule has 0 amide bonds. The topological polar surface area (TPSA) is 70.1 Å². The first-order valence-electron chi connectivity index (χ1n) is 20.9. The Kier molecular flexibility index (Phi) is 9.94. The molecule has 320 valence electrons. The lowest BCUT2D eigenvalue weighted by Crippen LogP contribution is -2.46. The number of nitrogens with zero attached hydrogens (tertiary/aromatic N) is 9. The average Bonchev–Trinajstić information content (AvgIpc) is 4.13. The molecule has 10 rings (SSSR count). The lowest BCUT2D eigenvalue weighted by Gasteiger charge is -2.36. The SMILES string of the molecule is Fc1ccc(N2CCN(Cc3ccn4c(CC5CC5c5ccc(C6CCN(c7ccn8c(CC9CC9)nnc8c7C(F)(F)F)CC6)cc5)nnc4c3C(F)(F)F)CC2)c(F)c1. The molecule has 61 heavy (non-hydrogen) atoms. The zero-order chi connectivity index (χ0) is 42.2. The average molecular weight is 850 g/mol. The molecule has 0 bridgehead atoms. The molecule has 0 N–H and O–H groups in total. The van der Waals surface area contributed by atoms with Crippen molar-refractivity contribution in [3.05, 3.63) is 118 Å². The van der Waals surface area contributed by atoms with Gasteiger partial charge in [-0.3, -0.25) is 13.7 Å². The van der Waals surface area contributed by atoms with Crippen LogP contribution < -0.4 is 9.80 Å². The van der Waals surface area contributed by atoms with Crippen molar-refractivity contribution in [2.45, 2.75) is 75.7 Å². The van der Waals surface area contributed by atoms with Gasteiger partial charge >= 0.3 is 12.4 Å². The Bertz CT molecular complexity index is 2560. The molecule has 4 aromatic heterocycles. The van der Waals surface area contributed by atoms with E-state index < -0.39 is 35.1 Å². The van der Waals surface area contributed by atoms with Crippen molar-refractivity contribution in [2.24, 2.45) is 11.8 Å². The summed E-state index contributed by atoms with van der Waals surface area (Å²) in [5, 5.41) is 16.4. The number of hydrogen-bond acceptors (Lipinski definition) is 7. The van der Waals surface area contributed by atoms with Crippen LogP contribution in [-0.2, 0) is 31.7 Å². The maximum Gasteiger partial charge on any atom is 0.422 e. The molecule has 4 fully saturated rings. The van der Waals surface area contributed by atoms with Crippen LogP contribution in [0.2, 0.25) is 0 Å². The fourth-order valence-electron chi connectivity index (χ4n) is 9.58. The number of halogens is 8. The summed E-state index contributed by atoms with van der Waals surface area (Å²) in [5.74, 6) is 0.768. The molecule has 2 unspecified atom stereocenters. The molecule has 9 nitrogen and oxygen atoms in total. The second-order valence-corrected chi connectivity index (χ2v) is 17.1. The van der Waals surface area contributed by atoms with Gasteiger partial charge in [0.05, 0.1) is 11.4 Å². The number of piperidine rings is 1. The Labute approximate surface area is 346 Å². The van der Waals surface area contributed by atoms with Crippen molar-refractivity contribution in [1.29, 1.82) is 0 Å². The number of alkyl halides is 6. The van der Waals surface area contributed by atoms with Crippen LogP contribution >= 0.6 is 0 Å². The maximum atomic E-state index is 14.6. The Morgan fingerprint density at radius 2 is 1.20 bits per heavy atom. The summed E-state index contributed by atoms with van der Waals surface area (Å²) >= 11 is 0. The number of fused-ring (bicyclic) bond motifs is 2. The lowest BCUT2D eigenvalue weighted by atomic mass is 9.88. The number of piperazine rings is 1. The van der Waals surface area contributed by atoms with Crippen LogP contribution in [0.4, 0.5) is 46.5 Å². The molecular formula is C44H43F8N9. The van der Waals surface area contributed by atoms with Crippen molar-refractivity contribution in [3.63, 3.8) is 0 Å². The fourth-order valence-corrected chi connectivity index (χ4v) is 9.58. The first kappa shape index (κ1) is 39.8. The second kappa shape index (κ2) is 15.2. The Morgan fingerprint density at radius 3 is 1.84 bits per heavy atom. The highest BCUT2D eigenvalue weighted by atomic mass is 19.4. The molecule has 6 aromatic rings. The minimum atomic E-state index is -4.67. The third-order valence-corrected chi connectivity index (χ3v) is 13.2. The number of pyridine rings is 2. The Balaban J connectivity index is 0.768. The first-order chi connectivity index (χ1) is 29.3. The zero-order valence-corrected chi connectivity index (χ0v) is 33.1. The molecule has 0 spiro atoms. The summed E-state index contributed by atoms with van der Waals surface area (Å²) in [4.78, 5) is 5.47. The molecular weight excluding hydrogens is 807 g/mol. The van der Waals surface area contributed by atoms with Crippen LogP contribution in [0.25, 0.3) is 11.3 Å². The van der Waals surface area contributed by atoms with E-state index in [0.29, 0.717) is 82.5 Å². The summed E-state index contributed by atoms with van der Waals surface area (Å²) in [7, 11) is 0. The summed E-state index contributed by atoms with van der Waals surface area (Å²) in [6.07, 6.45) is -0.474. The number of aromatic nitrogens is 6. The monoisotopic (exact) mass is 849 g/mol. The third kappa shape index (κ3) is 7.89. The van der Waals surface area contributed by atoms with E-state index in [2.05, 4.69) is 44.7 Å². The standard InChI is InChI=1S/C44H43F8N9/c45-32-7-8-35(34(46)24-32)59-19-17-57(18-20-59)25-30-11-15-60-38(54-55-41(60)39(30)43(47,48)49)23-31-22-33(31)29-5-3-27(4-6-29)28-9-13-58(14-10-28)36-12-16-61-37(21-26-1-2-26)53-56-42(61)40(36)44(50,51)52/h3-8,11-12,15-16,24,26,28,31,33H,1-2,9-10,13-14,17-23,25H2. The summed E-state index contributed by atoms with van der Waals surface area (Å²) in [6, 6.07) is 14.8. The molecule has 2 aromatic carbocycles. The van der Waals surface area contributed by atoms with Gasteiger partial charge in [-0.25, -0.2) is 8.78 Å². The van der Waals surface area contributed by atoms with E-state index in [1.165, 1.54) is 27.0 Å².